The van der Waals surface area contributed by atoms with Gasteiger partial charge in [-0.2, -0.15) is 0 Å². The van der Waals surface area contributed by atoms with E-state index < -0.39 is 0 Å². The minimum absolute atomic E-state index is 0.779. The number of ether oxygens (including phenoxy) is 1. The summed E-state index contributed by atoms with van der Waals surface area (Å²) in [5.74, 6) is 2.74. The molecule has 5 heteroatoms. The fourth-order valence-electron chi connectivity index (χ4n) is 2.03. The molecule has 1 saturated heterocycles. The quantitative estimate of drug-likeness (QED) is 0.883. The fourth-order valence-corrected chi connectivity index (χ4v) is 2.03. The molecular weight excluding hydrogens is 228 g/mol. The number of anilines is 2. The monoisotopic (exact) mass is 250 g/mol. The van der Waals surface area contributed by atoms with Crippen LogP contribution in [0.5, 0.6) is 0 Å². The smallest absolute Gasteiger partial charge is 0.134 e. The summed E-state index contributed by atoms with van der Waals surface area (Å²) in [5.41, 5.74) is 0. The first kappa shape index (κ1) is 13.1. The molecule has 18 heavy (non-hydrogen) atoms. The van der Waals surface area contributed by atoms with Crippen LogP contribution in [-0.2, 0) is 4.74 Å². The Morgan fingerprint density at radius 2 is 2.22 bits per heavy atom. The average molecular weight is 250 g/mol. The number of aromatic nitrogens is 2. The van der Waals surface area contributed by atoms with Crippen molar-refractivity contribution in [1.29, 1.82) is 0 Å². The van der Waals surface area contributed by atoms with Gasteiger partial charge >= 0.3 is 0 Å². The molecule has 2 heterocycles. The van der Waals surface area contributed by atoms with Crippen molar-refractivity contribution in [2.45, 2.75) is 26.7 Å². The van der Waals surface area contributed by atoms with Crippen LogP contribution in [0.3, 0.4) is 0 Å². The van der Waals surface area contributed by atoms with Crippen LogP contribution in [0.2, 0.25) is 0 Å². The standard InChI is InChI=1S/C13H22N4O/c1-3-5-14-12-10-13(16-11(2)15-12)17-6-4-8-18-9-7-17/h10H,3-9H2,1-2H3,(H,14,15,16). The zero-order chi connectivity index (χ0) is 12.8. The molecular formula is C13H22N4O. The van der Waals surface area contributed by atoms with Gasteiger partial charge in [-0.15, -0.1) is 0 Å². The van der Waals surface area contributed by atoms with Crippen molar-refractivity contribution in [2.24, 2.45) is 0 Å². The molecule has 1 aliphatic heterocycles. The van der Waals surface area contributed by atoms with Crippen LogP contribution in [0.1, 0.15) is 25.6 Å². The van der Waals surface area contributed by atoms with E-state index in [0.717, 1.165) is 63.1 Å². The van der Waals surface area contributed by atoms with Crippen molar-refractivity contribution in [3.63, 3.8) is 0 Å². The molecule has 1 aromatic rings. The van der Waals surface area contributed by atoms with Gasteiger partial charge < -0.3 is 15.0 Å². The molecule has 0 aliphatic carbocycles. The molecule has 0 bridgehead atoms. The van der Waals surface area contributed by atoms with Gasteiger partial charge in [-0.3, -0.25) is 0 Å². The molecule has 1 fully saturated rings. The van der Waals surface area contributed by atoms with E-state index in [0.29, 0.717) is 0 Å². The maximum atomic E-state index is 5.47. The Morgan fingerprint density at radius 3 is 3.06 bits per heavy atom. The highest BCUT2D eigenvalue weighted by Gasteiger charge is 2.12. The maximum Gasteiger partial charge on any atom is 0.134 e. The lowest BCUT2D eigenvalue weighted by Gasteiger charge is -2.21. The molecule has 1 aromatic heterocycles. The third kappa shape index (κ3) is 3.57. The third-order valence-corrected chi connectivity index (χ3v) is 2.93. The van der Waals surface area contributed by atoms with E-state index in [1.54, 1.807) is 0 Å². The molecule has 5 nitrogen and oxygen atoms in total. The van der Waals surface area contributed by atoms with E-state index in [9.17, 15) is 0 Å². The second-order valence-corrected chi connectivity index (χ2v) is 4.54. The molecule has 0 saturated carbocycles. The minimum Gasteiger partial charge on any atom is -0.380 e. The largest absolute Gasteiger partial charge is 0.380 e. The summed E-state index contributed by atoms with van der Waals surface area (Å²) in [6.45, 7) is 8.57. The summed E-state index contributed by atoms with van der Waals surface area (Å²) in [6, 6.07) is 2.04. The van der Waals surface area contributed by atoms with Crippen LogP contribution >= 0.6 is 0 Å². The lowest BCUT2D eigenvalue weighted by Crippen LogP contribution is -2.27. The van der Waals surface area contributed by atoms with Gasteiger partial charge in [0.2, 0.25) is 0 Å². The minimum atomic E-state index is 0.779. The van der Waals surface area contributed by atoms with Crippen LogP contribution < -0.4 is 10.2 Å². The second kappa shape index (κ2) is 6.54. The average Bonchev–Trinajstić information content (AvgIpc) is 2.64. The molecule has 0 unspecified atom stereocenters. The number of aryl methyl sites for hydroxylation is 1. The predicted molar refractivity (Wildman–Crippen MR) is 73.2 cm³/mol. The number of rotatable bonds is 4. The maximum absolute atomic E-state index is 5.47. The zero-order valence-corrected chi connectivity index (χ0v) is 11.3. The van der Waals surface area contributed by atoms with Gasteiger partial charge in [0.25, 0.3) is 0 Å². The van der Waals surface area contributed by atoms with Gasteiger partial charge in [0.15, 0.2) is 0 Å². The molecule has 1 aliphatic rings. The van der Waals surface area contributed by atoms with E-state index in [-0.39, 0.29) is 0 Å². The Morgan fingerprint density at radius 1 is 1.33 bits per heavy atom. The Kier molecular flexibility index (Phi) is 4.75. The summed E-state index contributed by atoms with van der Waals surface area (Å²) in [6.07, 6.45) is 2.15. The van der Waals surface area contributed by atoms with Crippen molar-refractivity contribution >= 4 is 11.6 Å². The molecule has 0 spiro atoms. The Labute approximate surface area is 109 Å². The third-order valence-electron chi connectivity index (χ3n) is 2.93. The van der Waals surface area contributed by atoms with Crippen molar-refractivity contribution in [3.8, 4) is 0 Å². The topological polar surface area (TPSA) is 50.3 Å². The van der Waals surface area contributed by atoms with Crippen molar-refractivity contribution in [1.82, 2.24) is 9.97 Å². The normalized spacial score (nSPS) is 16.4. The summed E-state index contributed by atoms with van der Waals surface area (Å²) in [5, 5.41) is 3.32. The molecule has 0 aromatic carbocycles. The molecule has 1 N–H and O–H groups in total. The summed E-state index contributed by atoms with van der Waals surface area (Å²) < 4.78 is 5.47. The molecule has 2 rings (SSSR count). The van der Waals surface area contributed by atoms with E-state index >= 15 is 0 Å². The van der Waals surface area contributed by atoms with Crippen LogP contribution in [0.15, 0.2) is 6.07 Å². The van der Waals surface area contributed by atoms with E-state index in [1.165, 1.54) is 0 Å². The van der Waals surface area contributed by atoms with Gasteiger partial charge in [-0.25, -0.2) is 9.97 Å². The Hall–Kier alpha value is -1.36. The molecule has 0 atom stereocenters. The number of hydrogen-bond acceptors (Lipinski definition) is 5. The number of nitrogens with one attached hydrogen (secondary N) is 1. The zero-order valence-electron chi connectivity index (χ0n) is 11.3. The fraction of sp³-hybridized carbons (Fsp3) is 0.692. The first-order valence-corrected chi connectivity index (χ1v) is 6.72. The lowest BCUT2D eigenvalue weighted by atomic mass is 10.3. The van der Waals surface area contributed by atoms with Gasteiger partial charge in [-0.05, 0) is 19.8 Å². The Bertz CT molecular complexity index is 375. The molecule has 0 radical (unpaired) electrons. The van der Waals surface area contributed by atoms with Crippen LogP contribution in [0, 0.1) is 6.92 Å². The first-order valence-electron chi connectivity index (χ1n) is 6.72. The van der Waals surface area contributed by atoms with Gasteiger partial charge in [0.1, 0.15) is 17.5 Å². The number of nitrogens with zero attached hydrogens (tertiary/aromatic N) is 3. The van der Waals surface area contributed by atoms with Crippen molar-refractivity contribution in [3.05, 3.63) is 11.9 Å². The highest BCUT2D eigenvalue weighted by molar-refractivity contribution is 5.49. The van der Waals surface area contributed by atoms with E-state index in [4.69, 9.17) is 4.74 Å². The predicted octanol–water partition coefficient (Wildman–Crippen LogP) is 1.83. The van der Waals surface area contributed by atoms with E-state index in [2.05, 4.69) is 27.1 Å². The van der Waals surface area contributed by atoms with Gasteiger partial charge in [-0.1, -0.05) is 6.92 Å². The van der Waals surface area contributed by atoms with Crippen LogP contribution in [0.25, 0.3) is 0 Å². The highest BCUT2D eigenvalue weighted by Crippen LogP contribution is 2.17. The van der Waals surface area contributed by atoms with Crippen LogP contribution in [0.4, 0.5) is 11.6 Å². The molecule has 0 amide bonds. The van der Waals surface area contributed by atoms with Crippen molar-refractivity contribution < 1.29 is 4.74 Å². The SMILES string of the molecule is CCCNc1cc(N2CCCOCC2)nc(C)n1. The van der Waals surface area contributed by atoms with E-state index in [1.807, 2.05) is 13.0 Å². The first-order chi connectivity index (χ1) is 8.79. The lowest BCUT2D eigenvalue weighted by molar-refractivity contribution is 0.152. The van der Waals surface area contributed by atoms with Crippen molar-refractivity contribution in [2.75, 3.05) is 43.1 Å². The summed E-state index contributed by atoms with van der Waals surface area (Å²) >= 11 is 0. The summed E-state index contributed by atoms with van der Waals surface area (Å²) in [4.78, 5) is 11.2. The number of hydrogen-bond donors (Lipinski definition) is 1. The Balaban J connectivity index is 2.12. The van der Waals surface area contributed by atoms with Gasteiger partial charge in [0.05, 0.1) is 6.61 Å². The van der Waals surface area contributed by atoms with Crippen LogP contribution in [-0.4, -0.2) is 42.8 Å². The van der Waals surface area contributed by atoms with Gasteiger partial charge in [0, 0.05) is 32.3 Å². The summed E-state index contributed by atoms with van der Waals surface area (Å²) in [7, 11) is 0. The highest BCUT2D eigenvalue weighted by atomic mass is 16.5. The molecule has 100 valence electrons. The second-order valence-electron chi connectivity index (χ2n) is 4.54.